The van der Waals surface area contributed by atoms with Crippen LogP contribution in [0.5, 0.6) is 0 Å². The van der Waals surface area contributed by atoms with Crippen LogP contribution in [-0.2, 0) is 15.2 Å². The highest BCUT2D eigenvalue weighted by Gasteiger charge is 2.15. The molecule has 0 atom stereocenters. The second kappa shape index (κ2) is 9.62. The van der Waals surface area contributed by atoms with Crippen LogP contribution in [0.25, 0.3) is 0 Å². The quantitative estimate of drug-likeness (QED) is 0.346. The van der Waals surface area contributed by atoms with Crippen LogP contribution in [0.15, 0.2) is 24.3 Å². The summed E-state index contributed by atoms with van der Waals surface area (Å²) in [6, 6.07) is 7.50. The highest BCUT2D eigenvalue weighted by Crippen LogP contribution is 2.22. The van der Waals surface area contributed by atoms with Crippen LogP contribution in [0.2, 0.25) is 0 Å². The minimum atomic E-state index is -0.425. The van der Waals surface area contributed by atoms with Gasteiger partial charge in [0.25, 0.3) is 0 Å². The Kier molecular flexibility index (Phi) is 8.18. The summed E-state index contributed by atoms with van der Waals surface area (Å²) in [6.45, 7) is 9.10. The molecule has 0 spiro atoms. The summed E-state index contributed by atoms with van der Waals surface area (Å²) in [5.74, 6) is -0.425. The molecule has 0 saturated heterocycles. The zero-order valence-corrected chi connectivity index (χ0v) is 14.5. The lowest BCUT2D eigenvalue weighted by Gasteiger charge is -2.18. The maximum absolute atomic E-state index is 11.8. The molecule has 1 aromatic rings. The van der Waals surface area contributed by atoms with Crippen molar-refractivity contribution >= 4 is 5.97 Å². The largest absolute Gasteiger partial charge is 0.373 e. The molecule has 0 aliphatic heterocycles. The van der Waals surface area contributed by atoms with Gasteiger partial charge in [-0.25, -0.2) is 4.79 Å². The molecule has 124 valence electrons. The highest BCUT2D eigenvalue weighted by atomic mass is 17.2. The van der Waals surface area contributed by atoms with Gasteiger partial charge in [0, 0.05) is 0 Å². The number of rotatable bonds is 9. The van der Waals surface area contributed by atoms with Crippen LogP contribution >= 0.6 is 0 Å². The second-order valence-electron chi connectivity index (χ2n) is 6.79. The van der Waals surface area contributed by atoms with E-state index in [1.54, 1.807) is 12.1 Å². The Balaban J connectivity index is 2.23. The zero-order valence-electron chi connectivity index (χ0n) is 14.5. The Bertz CT molecular complexity index is 429. The van der Waals surface area contributed by atoms with Crippen LogP contribution in [-0.4, -0.2) is 12.6 Å². The number of benzene rings is 1. The molecule has 0 heterocycles. The van der Waals surface area contributed by atoms with Gasteiger partial charge in [-0.3, -0.25) is 4.89 Å². The van der Waals surface area contributed by atoms with Crippen molar-refractivity contribution in [1.29, 1.82) is 0 Å². The maximum atomic E-state index is 11.8. The van der Waals surface area contributed by atoms with Gasteiger partial charge in [-0.2, -0.15) is 4.89 Å². The normalized spacial score (nSPS) is 11.5. The molecule has 3 heteroatoms. The molecule has 0 radical (unpaired) electrons. The summed E-state index contributed by atoms with van der Waals surface area (Å²) in [5.41, 5.74) is 1.80. The smallest absolute Gasteiger partial charge is 0.293 e. The number of hydrogen-bond donors (Lipinski definition) is 0. The molecule has 0 bridgehead atoms. The maximum Gasteiger partial charge on any atom is 0.373 e. The fourth-order valence-corrected chi connectivity index (χ4v) is 2.19. The molecule has 0 aromatic heterocycles. The number of carbonyl (C=O) groups is 1. The average molecular weight is 306 g/mol. The van der Waals surface area contributed by atoms with Crippen molar-refractivity contribution in [1.82, 2.24) is 0 Å². The van der Waals surface area contributed by atoms with Gasteiger partial charge < -0.3 is 0 Å². The standard InChI is InChI=1S/C19H30O3/c1-5-6-7-8-9-10-15-21-22-18(20)16-11-13-17(14-12-16)19(2,3)4/h11-14H,5-10,15H2,1-4H3. The Hall–Kier alpha value is -1.35. The third kappa shape index (κ3) is 7.08. The molecule has 0 amide bonds. The first-order valence-electron chi connectivity index (χ1n) is 8.39. The van der Waals surface area contributed by atoms with Gasteiger partial charge in [-0.1, -0.05) is 71.9 Å². The van der Waals surface area contributed by atoms with E-state index < -0.39 is 5.97 Å². The van der Waals surface area contributed by atoms with E-state index in [1.165, 1.54) is 31.2 Å². The van der Waals surface area contributed by atoms with E-state index in [0.29, 0.717) is 12.2 Å². The summed E-state index contributed by atoms with van der Waals surface area (Å²) in [6.07, 6.45) is 7.09. The van der Waals surface area contributed by atoms with E-state index in [4.69, 9.17) is 9.78 Å². The molecule has 1 aromatic carbocycles. The fraction of sp³-hybridized carbons (Fsp3) is 0.632. The van der Waals surface area contributed by atoms with Gasteiger partial charge in [0.2, 0.25) is 0 Å². The van der Waals surface area contributed by atoms with Crippen molar-refractivity contribution in [3.63, 3.8) is 0 Å². The summed E-state index contributed by atoms with van der Waals surface area (Å²) < 4.78 is 0. The van der Waals surface area contributed by atoms with Gasteiger partial charge in [-0.05, 0) is 29.5 Å². The number of unbranched alkanes of at least 4 members (excludes halogenated alkanes) is 5. The van der Waals surface area contributed by atoms with E-state index in [0.717, 1.165) is 12.8 Å². The lowest BCUT2D eigenvalue weighted by molar-refractivity contribution is -0.241. The fourth-order valence-electron chi connectivity index (χ4n) is 2.19. The summed E-state index contributed by atoms with van der Waals surface area (Å²) >= 11 is 0. The molecule has 3 nitrogen and oxygen atoms in total. The van der Waals surface area contributed by atoms with Gasteiger partial charge in [-0.15, -0.1) is 0 Å². The third-order valence-electron chi connectivity index (χ3n) is 3.70. The predicted molar refractivity (Wildman–Crippen MR) is 89.9 cm³/mol. The summed E-state index contributed by atoms with van der Waals surface area (Å²) in [5, 5.41) is 0. The molecular formula is C19H30O3. The molecule has 0 unspecified atom stereocenters. The number of carbonyl (C=O) groups excluding carboxylic acids is 1. The minimum Gasteiger partial charge on any atom is -0.293 e. The molecule has 1 rings (SSSR count). The second-order valence-corrected chi connectivity index (χ2v) is 6.79. The van der Waals surface area contributed by atoms with Gasteiger partial charge >= 0.3 is 5.97 Å². The monoisotopic (exact) mass is 306 g/mol. The Morgan fingerprint density at radius 3 is 2.14 bits per heavy atom. The molecular weight excluding hydrogens is 276 g/mol. The molecule has 0 saturated carbocycles. The van der Waals surface area contributed by atoms with Crippen molar-refractivity contribution in [2.24, 2.45) is 0 Å². The SMILES string of the molecule is CCCCCCCCOOC(=O)c1ccc(C(C)(C)C)cc1. The van der Waals surface area contributed by atoms with Gasteiger partial charge in [0.15, 0.2) is 0 Å². The predicted octanol–water partition coefficient (Wildman–Crippen LogP) is 5.43. The first-order chi connectivity index (χ1) is 10.4. The summed E-state index contributed by atoms with van der Waals surface area (Å²) in [4.78, 5) is 21.7. The van der Waals surface area contributed by atoms with Crippen LogP contribution in [0.4, 0.5) is 0 Å². The third-order valence-corrected chi connectivity index (χ3v) is 3.70. The van der Waals surface area contributed by atoms with E-state index in [2.05, 4.69) is 27.7 Å². The van der Waals surface area contributed by atoms with E-state index in [-0.39, 0.29) is 5.41 Å². The van der Waals surface area contributed by atoms with Crippen molar-refractivity contribution in [3.8, 4) is 0 Å². The highest BCUT2D eigenvalue weighted by molar-refractivity contribution is 5.88. The van der Waals surface area contributed by atoms with Crippen LogP contribution in [0, 0.1) is 0 Å². The van der Waals surface area contributed by atoms with Crippen LogP contribution in [0.1, 0.15) is 82.1 Å². The van der Waals surface area contributed by atoms with E-state index in [1.807, 2.05) is 12.1 Å². The topological polar surface area (TPSA) is 35.5 Å². The van der Waals surface area contributed by atoms with E-state index in [9.17, 15) is 4.79 Å². The first-order valence-corrected chi connectivity index (χ1v) is 8.39. The van der Waals surface area contributed by atoms with Crippen molar-refractivity contribution in [3.05, 3.63) is 35.4 Å². The Morgan fingerprint density at radius 1 is 0.955 bits per heavy atom. The molecule has 0 N–H and O–H groups in total. The Labute approximate surface area is 134 Å². The van der Waals surface area contributed by atoms with E-state index >= 15 is 0 Å². The average Bonchev–Trinajstić information content (AvgIpc) is 2.49. The van der Waals surface area contributed by atoms with Crippen LogP contribution < -0.4 is 0 Å². The summed E-state index contributed by atoms with van der Waals surface area (Å²) in [7, 11) is 0. The lowest BCUT2D eigenvalue weighted by atomic mass is 9.87. The van der Waals surface area contributed by atoms with Crippen molar-refractivity contribution in [2.45, 2.75) is 71.6 Å². The number of hydrogen-bond acceptors (Lipinski definition) is 3. The van der Waals surface area contributed by atoms with Crippen molar-refractivity contribution in [2.75, 3.05) is 6.61 Å². The zero-order chi connectivity index (χ0) is 16.4. The molecule has 0 aliphatic rings. The molecule has 0 fully saturated rings. The molecule has 0 aliphatic carbocycles. The Morgan fingerprint density at radius 2 is 1.55 bits per heavy atom. The van der Waals surface area contributed by atoms with Gasteiger partial charge in [0.05, 0.1) is 12.2 Å². The van der Waals surface area contributed by atoms with Crippen LogP contribution in [0.3, 0.4) is 0 Å². The molecule has 22 heavy (non-hydrogen) atoms. The van der Waals surface area contributed by atoms with Gasteiger partial charge in [0.1, 0.15) is 0 Å². The lowest BCUT2D eigenvalue weighted by Crippen LogP contribution is -2.12. The van der Waals surface area contributed by atoms with Crippen molar-refractivity contribution < 1.29 is 14.6 Å². The minimum absolute atomic E-state index is 0.0801. The first kappa shape index (κ1) is 18.7.